The summed E-state index contributed by atoms with van der Waals surface area (Å²) in [7, 11) is 0. The van der Waals surface area contributed by atoms with Gasteiger partial charge in [-0.2, -0.15) is 0 Å². The molecule has 4 rings (SSSR count). The summed E-state index contributed by atoms with van der Waals surface area (Å²) in [6.45, 7) is 0. The molecule has 2 amide bonds. The fourth-order valence-electron chi connectivity index (χ4n) is 4.11. The Hall–Kier alpha value is -1.36. The van der Waals surface area contributed by atoms with Gasteiger partial charge in [0, 0.05) is 16.8 Å². The standard InChI is InChI=1S/C19H26N2O2S/c22-17(12-6-5-7-12)21-19-16(14-10-3-4-11-15(14)24-19)18(23)20-13-8-1-2-9-13/h12-13H,1-11H2,(H,20,23)(H,21,22). The SMILES string of the molecule is O=C(NC1CCCC1)c1c(NC(=O)C2CCC2)sc2c1CCCC2. The fraction of sp³-hybridized carbons (Fsp3) is 0.684. The van der Waals surface area contributed by atoms with Crippen molar-refractivity contribution in [1.82, 2.24) is 5.32 Å². The molecule has 0 saturated heterocycles. The molecule has 0 aromatic carbocycles. The van der Waals surface area contributed by atoms with Crippen LogP contribution in [0.25, 0.3) is 0 Å². The van der Waals surface area contributed by atoms with Crippen LogP contribution in [-0.2, 0) is 17.6 Å². The van der Waals surface area contributed by atoms with Gasteiger partial charge in [-0.25, -0.2) is 0 Å². The molecule has 2 fully saturated rings. The van der Waals surface area contributed by atoms with Gasteiger partial charge in [0.2, 0.25) is 5.91 Å². The number of rotatable bonds is 4. The highest BCUT2D eigenvalue weighted by molar-refractivity contribution is 7.17. The average molecular weight is 346 g/mol. The third-order valence-corrected chi connectivity index (χ3v) is 7.01. The molecule has 0 radical (unpaired) electrons. The number of nitrogens with one attached hydrogen (secondary N) is 2. The van der Waals surface area contributed by atoms with Gasteiger partial charge in [-0.3, -0.25) is 9.59 Å². The molecule has 3 aliphatic carbocycles. The highest BCUT2D eigenvalue weighted by Crippen LogP contribution is 2.39. The lowest BCUT2D eigenvalue weighted by molar-refractivity contribution is -0.122. The fourth-order valence-corrected chi connectivity index (χ4v) is 5.40. The number of carbonyl (C=O) groups is 2. The van der Waals surface area contributed by atoms with E-state index in [-0.39, 0.29) is 17.7 Å². The zero-order valence-corrected chi connectivity index (χ0v) is 15.0. The van der Waals surface area contributed by atoms with Crippen molar-refractivity contribution in [2.45, 2.75) is 76.7 Å². The molecule has 0 atom stereocenters. The summed E-state index contributed by atoms with van der Waals surface area (Å²) in [5.41, 5.74) is 1.97. The van der Waals surface area contributed by atoms with Crippen LogP contribution in [-0.4, -0.2) is 17.9 Å². The maximum absolute atomic E-state index is 12.9. The first-order valence-electron chi connectivity index (χ1n) is 9.48. The molecule has 3 aliphatic rings. The van der Waals surface area contributed by atoms with Crippen molar-refractivity contribution in [2.24, 2.45) is 5.92 Å². The van der Waals surface area contributed by atoms with Crippen LogP contribution >= 0.6 is 11.3 Å². The van der Waals surface area contributed by atoms with E-state index in [4.69, 9.17) is 0 Å². The number of thiophene rings is 1. The number of aryl methyl sites for hydroxylation is 1. The summed E-state index contributed by atoms with van der Waals surface area (Å²) in [4.78, 5) is 26.6. The molecule has 0 unspecified atom stereocenters. The molecular weight excluding hydrogens is 320 g/mol. The van der Waals surface area contributed by atoms with Gasteiger partial charge in [0.1, 0.15) is 5.00 Å². The predicted molar refractivity (Wildman–Crippen MR) is 96.7 cm³/mol. The van der Waals surface area contributed by atoms with Crippen molar-refractivity contribution in [3.8, 4) is 0 Å². The quantitative estimate of drug-likeness (QED) is 0.864. The van der Waals surface area contributed by atoms with Gasteiger partial charge in [0.25, 0.3) is 5.91 Å². The smallest absolute Gasteiger partial charge is 0.254 e. The van der Waals surface area contributed by atoms with Gasteiger partial charge in [-0.15, -0.1) is 11.3 Å². The van der Waals surface area contributed by atoms with E-state index >= 15 is 0 Å². The maximum Gasteiger partial charge on any atom is 0.254 e. The van der Waals surface area contributed by atoms with Crippen molar-refractivity contribution in [1.29, 1.82) is 0 Å². The highest BCUT2D eigenvalue weighted by atomic mass is 32.1. The summed E-state index contributed by atoms with van der Waals surface area (Å²) in [6.07, 6.45) is 12.0. The van der Waals surface area contributed by atoms with E-state index in [9.17, 15) is 9.59 Å². The summed E-state index contributed by atoms with van der Waals surface area (Å²) in [5, 5.41) is 7.11. The average Bonchev–Trinajstić information content (AvgIpc) is 3.11. The number of anilines is 1. The van der Waals surface area contributed by atoms with Crippen LogP contribution in [0.3, 0.4) is 0 Å². The minimum absolute atomic E-state index is 0.0326. The largest absolute Gasteiger partial charge is 0.349 e. The van der Waals surface area contributed by atoms with Gasteiger partial charge in [0.05, 0.1) is 5.56 Å². The lowest BCUT2D eigenvalue weighted by atomic mass is 9.85. The van der Waals surface area contributed by atoms with Gasteiger partial charge < -0.3 is 10.6 Å². The van der Waals surface area contributed by atoms with Crippen molar-refractivity contribution >= 4 is 28.2 Å². The molecule has 130 valence electrons. The van der Waals surface area contributed by atoms with Crippen LogP contribution in [0.15, 0.2) is 0 Å². The Bertz CT molecular complexity index is 642. The van der Waals surface area contributed by atoms with E-state index in [0.717, 1.165) is 61.9 Å². The topological polar surface area (TPSA) is 58.2 Å². The molecule has 24 heavy (non-hydrogen) atoms. The van der Waals surface area contributed by atoms with Crippen LogP contribution in [0.2, 0.25) is 0 Å². The summed E-state index contributed by atoms with van der Waals surface area (Å²) < 4.78 is 0. The molecule has 1 aromatic rings. The van der Waals surface area contributed by atoms with E-state index in [1.54, 1.807) is 11.3 Å². The summed E-state index contributed by atoms with van der Waals surface area (Å²) in [6, 6.07) is 0.312. The Kier molecular flexibility index (Phi) is 4.61. The second-order valence-corrected chi connectivity index (χ2v) is 8.59. The molecule has 2 N–H and O–H groups in total. The molecule has 2 saturated carbocycles. The van der Waals surface area contributed by atoms with E-state index < -0.39 is 0 Å². The van der Waals surface area contributed by atoms with Crippen LogP contribution in [0.4, 0.5) is 5.00 Å². The zero-order valence-electron chi connectivity index (χ0n) is 14.2. The first kappa shape index (κ1) is 16.1. The molecule has 0 bridgehead atoms. The van der Waals surface area contributed by atoms with E-state index in [0.29, 0.717) is 6.04 Å². The molecule has 5 heteroatoms. The Morgan fingerprint density at radius 2 is 1.67 bits per heavy atom. The number of carbonyl (C=O) groups excluding carboxylic acids is 2. The second kappa shape index (κ2) is 6.87. The van der Waals surface area contributed by atoms with Crippen LogP contribution in [0, 0.1) is 5.92 Å². The zero-order chi connectivity index (χ0) is 16.5. The first-order chi connectivity index (χ1) is 11.7. The Morgan fingerprint density at radius 1 is 0.917 bits per heavy atom. The summed E-state index contributed by atoms with van der Waals surface area (Å²) >= 11 is 1.64. The Balaban J connectivity index is 1.58. The number of hydrogen-bond donors (Lipinski definition) is 2. The van der Waals surface area contributed by atoms with Crippen molar-refractivity contribution in [3.05, 3.63) is 16.0 Å². The number of amides is 2. The lowest BCUT2D eigenvalue weighted by Crippen LogP contribution is -2.34. The molecule has 1 heterocycles. The van der Waals surface area contributed by atoms with Crippen LogP contribution in [0.5, 0.6) is 0 Å². The minimum atomic E-state index is 0.0326. The number of fused-ring (bicyclic) bond motifs is 1. The van der Waals surface area contributed by atoms with Gasteiger partial charge >= 0.3 is 0 Å². The third-order valence-electron chi connectivity index (χ3n) is 5.80. The van der Waals surface area contributed by atoms with Gasteiger partial charge in [-0.05, 0) is 56.9 Å². The minimum Gasteiger partial charge on any atom is -0.349 e. The van der Waals surface area contributed by atoms with Crippen LogP contribution < -0.4 is 10.6 Å². The predicted octanol–water partition coefficient (Wildman–Crippen LogP) is 4.04. The second-order valence-electron chi connectivity index (χ2n) is 7.49. The van der Waals surface area contributed by atoms with Crippen molar-refractivity contribution in [2.75, 3.05) is 5.32 Å². The monoisotopic (exact) mass is 346 g/mol. The van der Waals surface area contributed by atoms with Crippen molar-refractivity contribution in [3.63, 3.8) is 0 Å². The Labute approximate surface area is 147 Å². The molecule has 0 spiro atoms. The molecule has 0 aliphatic heterocycles. The summed E-state index contributed by atoms with van der Waals surface area (Å²) in [5.74, 6) is 0.287. The van der Waals surface area contributed by atoms with E-state index in [1.165, 1.54) is 29.7 Å². The lowest BCUT2D eigenvalue weighted by Gasteiger charge is -2.24. The third kappa shape index (κ3) is 3.10. The molecular formula is C19H26N2O2S. The maximum atomic E-state index is 12.9. The van der Waals surface area contributed by atoms with E-state index in [2.05, 4.69) is 10.6 Å². The highest BCUT2D eigenvalue weighted by Gasteiger charge is 2.31. The van der Waals surface area contributed by atoms with E-state index in [1.807, 2.05) is 0 Å². The van der Waals surface area contributed by atoms with Crippen molar-refractivity contribution < 1.29 is 9.59 Å². The van der Waals surface area contributed by atoms with Gasteiger partial charge in [-0.1, -0.05) is 19.3 Å². The number of hydrogen-bond acceptors (Lipinski definition) is 3. The van der Waals surface area contributed by atoms with Gasteiger partial charge in [0.15, 0.2) is 0 Å². The molecule has 1 aromatic heterocycles. The molecule has 4 nitrogen and oxygen atoms in total. The van der Waals surface area contributed by atoms with Crippen LogP contribution in [0.1, 0.15) is 78.6 Å². The Morgan fingerprint density at radius 3 is 2.38 bits per heavy atom. The normalized spacial score (nSPS) is 21.2. The first-order valence-corrected chi connectivity index (χ1v) is 10.3.